The van der Waals surface area contributed by atoms with E-state index in [4.69, 9.17) is 0 Å². The highest BCUT2D eigenvalue weighted by molar-refractivity contribution is 4.84. The molecule has 1 unspecified atom stereocenters. The van der Waals surface area contributed by atoms with E-state index in [0.29, 0.717) is 0 Å². The molecule has 3 aliphatic rings. The van der Waals surface area contributed by atoms with Crippen LogP contribution < -0.4 is 5.32 Å². The van der Waals surface area contributed by atoms with Crippen LogP contribution in [0.25, 0.3) is 0 Å². The Morgan fingerprint density at radius 2 is 1.68 bits per heavy atom. The van der Waals surface area contributed by atoms with Gasteiger partial charge >= 0.3 is 0 Å². The van der Waals surface area contributed by atoms with Crippen molar-refractivity contribution in [2.45, 2.75) is 44.6 Å². The zero-order chi connectivity index (χ0) is 13.1. The third kappa shape index (κ3) is 4.44. The molecular formula is C16H31N3. The van der Waals surface area contributed by atoms with E-state index in [1.54, 1.807) is 0 Å². The van der Waals surface area contributed by atoms with Crippen molar-refractivity contribution in [3.05, 3.63) is 0 Å². The van der Waals surface area contributed by atoms with Gasteiger partial charge in [0.2, 0.25) is 0 Å². The Bertz CT molecular complexity index is 269. The van der Waals surface area contributed by atoms with Crippen LogP contribution in [0.15, 0.2) is 0 Å². The van der Waals surface area contributed by atoms with Crippen molar-refractivity contribution in [2.75, 3.05) is 46.3 Å². The molecule has 0 aromatic carbocycles. The number of rotatable bonds is 6. The van der Waals surface area contributed by atoms with Crippen molar-refractivity contribution in [1.29, 1.82) is 0 Å². The van der Waals surface area contributed by atoms with Crippen LogP contribution in [0.2, 0.25) is 0 Å². The van der Waals surface area contributed by atoms with E-state index in [1.807, 2.05) is 0 Å². The van der Waals surface area contributed by atoms with Gasteiger partial charge in [-0.3, -0.25) is 0 Å². The maximum absolute atomic E-state index is 3.70. The topological polar surface area (TPSA) is 18.5 Å². The molecule has 1 aliphatic carbocycles. The van der Waals surface area contributed by atoms with E-state index < -0.39 is 0 Å². The molecule has 1 N–H and O–H groups in total. The van der Waals surface area contributed by atoms with Crippen LogP contribution in [-0.4, -0.2) is 62.2 Å². The molecule has 3 heteroatoms. The molecule has 1 atom stereocenters. The molecular weight excluding hydrogens is 234 g/mol. The average molecular weight is 265 g/mol. The summed E-state index contributed by atoms with van der Waals surface area (Å²) in [6.07, 6.45) is 8.57. The van der Waals surface area contributed by atoms with Crippen LogP contribution in [0.1, 0.15) is 38.5 Å². The average Bonchev–Trinajstić information content (AvgIpc) is 3.15. The molecule has 2 aliphatic heterocycles. The summed E-state index contributed by atoms with van der Waals surface area (Å²) in [5.74, 6) is 1.93. The first-order valence-corrected chi connectivity index (χ1v) is 8.44. The van der Waals surface area contributed by atoms with E-state index in [2.05, 4.69) is 22.2 Å². The first-order chi connectivity index (χ1) is 9.29. The predicted molar refractivity (Wildman–Crippen MR) is 80.4 cm³/mol. The molecule has 110 valence electrons. The molecule has 0 amide bonds. The number of likely N-dealkylation sites (tertiary alicyclic amines) is 2. The van der Waals surface area contributed by atoms with Gasteiger partial charge in [0.15, 0.2) is 0 Å². The third-order valence-electron chi connectivity index (χ3n) is 5.33. The first kappa shape index (κ1) is 13.8. The maximum atomic E-state index is 3.70. The van der Waals surface area contributed by atoms with Gasteiger partial charge in [0.25, 0.3) is 0 Å². The van der Waals surface area contributed by atoms with Gasteiger partial charge in [-0.25, -0.2) is 0 Å². The summed E-state index contributed by atoms with van der Waals surface area (Å²) in [5.41, 5.74) is 0. The Morgan fingerprint density at radius 1 is 0.947 bits per heavy atom. The van der Waals surface area contributed by atoms with Crippen LogP contribution in [0.5, 0.6) is 0 Å². The molecule has 0 bridgehead atoms. The van der Waals surface area contributed by atoms with E-state index in [9.17, 15) is 0 Å². The van der Waals surface area contributed by atoms with Crippen LogP contribution in [0.4, 0.5) is 0 Å². The lowest BCUT2D eigenvalue weighted by Gasteiger charge is -2.30. The van der Waals surface area contributed by atoms with Gasteiger partial charge in [0.05, 0.1) is 0 Å². The molecule has 0 spiro atoms. The van der Waals surface area contributed by atoms with Crippen molar-refractivity contribution in [1.82, 2.24) is 15.1 Å². The van der Waals surface area contributed by atoms with Crippen molar-refractivity contribution < 1.29 is 0 Å². The van der Waals surface area contributed by atoms with Crippen molar-refractivity contribution in [2.24, 2.45) is 11.8 Å². The lowest BCUT2D eigenvalue weighted by Crippen LogP contribution is -2.32. The summed E-state index contributed by atoms with van der Waals surface area (Å²) < 4.78 is 0. The Balaban J connectivity index is 1.28. The van der Waals surface area contributed by atoms with Gasteiger partial charge in [-0.1, -0.05) is 0 Å². The second kappa shape index (κ2) is 6.55. The van der Waals surface area contributed by atoms with Gasteiger partial charge < -0.3 is 15.1 Å². The van der Waals surface area contributed by atoms with Crippen molar-refractivity contribution >= 4 is 0 Å². The fourth-order valence-electron chi connectivity index (χ4n) is 3.62. The molecule has 3 fully saturated rings. The zero-order valence-corrected chi connectivity index (χ0v) is 12.6. The summed E-state index contributed by atoms with van der Waals surface area (Å²) in [4.78, 5) is 5.20. The van der Waals surface area contributed by atoms with E-state index in [0.717, 1.165) is 17.9 Å². The fourth-order valence-corrected chi connectivity index (χ4v) is 3.62. The minimum Gasteiger partial charge on any atom is -0.314 e. The molecule has 0 aromatic rings. The lowest BCUT2D eigenvalue weighted by atomic mass is 9.94. The van der Waals surface area contributed by atoms with Crippen LogP contribution >= 0.6 is 0 Å². The van der Waals surface area contributed by atoms with Crippen LogP contribution in [0, 0.1) is 11.8 Å². The Morgan fingerprint density at radius 3 is 2.42 bits per heavy atom. The normalized spacial score (nSPS) is 31.1. The maximum Gasteiger partial charge on any atom is 0.00683 e. The molecule has 0 radical (unpaired) electrons. The second-order valence-corrected chi connectivity index (χ2v) is 7.17. The molecule has 1 saturated carbocycles. The van der Waals surface area contributed by atoms with E-state index >= 15 is 0 Å². The van der Waals surface area contributed by atoms with Gasteiger partial charge in [0, 0.05) is 12.6 Å². The van der Waals surface area contributed by atoms with Gasteiger partial charge in [-0.2, -0.15) is 0 Å². The largest absolute Gasteiger partial charge is 0.314 e. The summed E-state index contributed by atoms with van der Waals surface area (Å²) in [6.45, 7) is 7.97. The summed E-state index contributed by atoms with van der Waals surface area (Å²) in [7, 11) is 2.26. The van der Waals surface area contributed by atoms with Gasteiger partial charge in [-0.05, 0) is 90.1 Å². The van der Waals surface area contributed by atoms with Crippen molar-refractivity contribution in [3.8, 4) is 0 Å². The van der Waals surface area contributed by atoms with Crippen LogP contribution in [-0.2, 0) is 0 Å². The lowest BCUT2D eigenvalue weighted by molar-refractivity contribution is 0.194. The molecule has 19 heavy (non-hydrogen) atoms. The SMILES string of the molecule is CN1CCC(CCN2CCC(CNC3CC3)C2)CC1. The molecule has 3 nitrogen and oxygen atoms in total. The Hall–Kier alpha value is -0.120. The van der Waals surface area contributed by atoms with Gasteiger partial charge in [0.1, 0.15) is 0 Å². The zero-order valence-electron chi connectivity index (χ0n) is 12.6. The number of nitrogens with one attached hydrogen (secondary N) is 1. The number of piperidine rings is 1. The van der Waals surface area contributed by atoms with Crippen molar-refractivity contribution in [3.63, 3.8) is 0 Å². The fraction of sp³-hybridized carbons (Fsp3) is 1.00. The van der Waals surface area contributed by atoms with E-state index in [1.165, 1.54) is 77.8 Å². The highest BCUT2D eigenvalue weighted by Gasteiger charge is 2.26. The molecule has 3 rings (SSSR count). The Kier molecular flexibility index (Phi) is 4.78. The smallest absolute Gasteiger partial charge is 0.00683 e. The highest BCUT2D eigenvalue weighted by atomic mass is 15.2. The molecule has 2 heterocycles. The number of nitrogens with zero attached hydrogens (tertiary/aromatic N) is 2. The monoisotopic (exact) mass is 265 g/mol. The molecule has 0 aromatic heterocycles. The molecule has 2 saturated heterocycles. The summed E-state index contributed by atoms with van der Waals surface area (Å²) >= 11 is 0. The van der Waals surface area contributed by atoms with Crippen LogP contribution in [0.3, 0.4) is 0 Å². The summed E-state index contributed by atoms with van der Waals surface area (Å²) in [6, 6.07) is 0.883. The quantitative estimate of drug-likeness (QED) is 0.790. The third-order valence-corrected chi connectivity index (χ3v) is 5.33. The standard InChI is InChI=1S/C16H31N3/c1-18-8-4-14(5-9-18)6-10-19-11-7-15(13-19)12-17-16-2-3-16/h14-17H,2-13H2,1H3. The Labute approximate surface area is 118 Å². The minimum absolute atomic E-state index is 0.883. The first-order valence-electron chi connectivity index (χ1n) is 8.44. The van der Waals surface area contributed by atoms with Gasteiger partial charge in [-0.15, -0.1) is 0 Å². The highest BCUT2D eigenvalue weighted by Crippen LogP contribution is 2.23. The van der Waals surface area contributed by atoms with E-state index in [-0.39, 0.29) is 0 Å². The number of hydrogen-bond donors (Lipinski definition) is 1. The number of hydrogen-bond acceptors (Lipinski definition) is 3. The second-order valence-electron chi connectivity index (χ2n) is 7.17. The summed E-state index contributed by atoms with van der Waals surface area (Å²) in [5, 5.41) is 3.70. The minimum atomic E-state index is 0.883. The predicted octanol–water partition coefficient (Wildman–Crippen LogP) is 1.79.